The standard InChI is InChI=1S/C14H22N2O2/c1-4-9-18-13-7-5-12(6-8-13)11(2)16-10-14(17)15-3/h5-8,11,16H,4,9-10H2,1-3H3,(H,15,17). The van der Waals surface area contributed by atoms with E-state index in [0.717, 1.165) is 24.3 Å². The second-order valence-electron chi connectivity index (χ2n) is 4.19. The van der Waals surface area contributed by atoms with Gasteiger partial charge in [-0.25, -0.2) is 0 Å². The minimum atomic E-state index is -0.00949. The molecule has 0 radical (unpaired) electrons. The molecule has 0 aromatic heterocycles. The van der Waals surface area contributed by atoms with Crippen LogP contribution in [-0.4, -0.2) is 26.1 Å². The second-order valence-corrected chi connectivity index (χ2v) is 4.19. The minimum absolute atomic E-state index is 0.00949. The van der Waals surface area contributed by atoms with Crippen molar-refractivity contribution < 1.29 is 9.53 Å². The predicted octanol–water partition coefficient (Wildman–Crippen LogP) is 1.87. The summed E-state index contributed by atoms with van der Waals surface area (Å²) in [5, 5.41) is 5.74. The Kier molecular flexibility index (Phi) is 6.22. The Bertz CT molecular complexity index is 363. The van der Waals surface area contributed by atoms with Crippen molar-refractivity contribution in [1.29, 1.82) is 0 Å². The lowest BCUT2D eigenvalue weighted by Gasteiger charge is -2.14. The van der Waals surface area contributed by atoms with Gasteiger partial charge in [-0.3, -0.25) is 4.79 Å². The van der Waals surface area contributed by atoms with Crippen LogP contribution in [0.25, 0.3) is 0 Å². The smallest absolute Gasteiger partial charge is 0.233 e. The highest BCUT2D eigenvalue weighted by Crippen LogP contribution is 2.17. The number of carbonyl (C=O) groups excluding carboxylic acids is 1. The van der Waals surface area contributed by atoms with E-state index in [1.54, 1.807) is 7.05 Å². The van der Waals surface area contributed by atoms with Crippen LogP contribution in [0.4, 0.5) is 0 Å². The van der Waals surface area contributed by atoms with Gasteiger partial charge in [0.05, 0.1) is 13.2 Å². The molecular weight excluding hydrogens is 228 g/mol. The number of ether oxygens (including phenoxy) is 1. The molecule has 1 amide bonds. The topological polar surface area (TPSA) is 50.4 Å². The molecule has 18 heavy (non-hydrogen) atoms. The largest absolute Gasteiger partial charge is 0.494 e. The Morgan fingerprint density at radius 2 is 2.00 bits per heavy atom. The van der Waals surface area contributed by atoms with Gasteiger partial charge in [-0.1, -0.05) is 19.1 Å². The third kappa shape index (κ3) is 4.75. The monoisotopic (exact) mass is 250 g/mol. The number of likely N-dealkylation sites (N-methyl/N-ethyl adjacent to an activating group) is 1. The molecule has 1 aromatic rings. The van der Waals surface area contributed by atoms with Gasteiger partial charge in [0.1, 0.15) is 5.75 Å². The molecule has 2 N–H and O–H groups in total. The van der Waals surface area contributed by atoms with Gasteiger partial charge in [0.15, 0.2) is 0 Å². The zero-order valence-electron chi connectivity index (χ0n) is 11.3. The van der Waals surface area contributed by atoms with E-state index in [0.29, 0.717) is 6.54 Å². The summed E-state index contributed by atoms with van der Waals surface area (Å²) < 4.78 is 5.52. The van der Waals surface area contributed by atoms with Crippen LogP contribution >= 0.6 is 0 Å². The maximum atomic E-state index is 11.1. The number of benzene rings is 1. The van der Waals surface area contributed by atoms with Gasteiger partial charge in [-0.15, -0.1) is 0 Å². The van der Waals surface area contributed by atoms with Crippen LogP contribution in [0, 0.1) is 0 Å². The molecule has 0 aliphatic carbocycles. The summed E-state index contributed by atoms with van der Waals surface area (Å²) in [6, 6.07) is 8.10. The molecule has 0 fully saturated rings. The summed E-state index contributed by atoms with van der Waals surface area (Å²) >= 11 is 0. The molecule has 0 saturated carbocycles. The molecular formula is C14H22N2O2. The molecule has 0 bridgehead atoms. The fourth-order valence-electron chi connectivity index (χ4n) is 1.52. The van der Waals surface area contributed by atoms with E-state index in [-0.39, 0.29) is 11.9 Å². The van der Waals surface area contributed by atoms with Crippen LogP contribution in [-0.2, 0) is 4.79 Å². The molecule has 0 aliphatic rings. The summed E-state index contributed by atoms with van der Waals surface area (Å²) in [7, 11) is 1.63. The Morgan fingerprint density at radius 1 is 1.33 bits per heavy atom. The highest BCUT2D eigenvalue weighted by molar-refractivity contribution is 5.77. The molecule has 0 aliphatic heterocycles. The Hall–Kier alpha value is -1.55. The number of hydrogen-bond acceptors (Lipinski definition) is 3. The number of rotatable bonds is 7. The number of hydrogen-bond donors (Lipinski definition) is 2. The lowest BCUT2D eigenvalue weighted by molar-refractivity contribution is -0.119. The van der Waals surface area contributed by atoms with Crippen LogP contribution in [0.15, 0.2) is 24.3 Å². The van der Waals surface area contributed by atoms with E-state index in [1.165, 1.54) is 0 Å². The van der Waals surface area contributed by atoms with E-state index < -0.39 is 0 Å². The van der Waals surface area contributed by atoms with Gasteiger partial charge in [-0.2, -0.15) is 0 Å². The van der Waals surface area contributed by atoms with Gasteiger partial charge in [0, 0.05) is 13.1 Å². The van der Waals surface area contributed by atoms with Crippen LogP contribution in [0.3, 0.4) is 0 Å². The Labute approximate surface area is 109 Å². The first kappa shape index (κ1) is 14.5. The van der Waals surface area contributed by atoms with Crippen molar-refractivity contribution in [2.24, 2.45) is 0 Å². The van der Waals surface area contributed by atoms with E-state index >= 15 is 0 Å². The summed E-state index contributed by atoms with van der Waals surface area (Å²) in [5.41, 5.74) is 1.14. The van der Waals surface area contributed by atoms with Crippen LogP contribution < -0.4 is 15.4 Å². The molecule has 1 unspecified atom stereocenters. The molecule has 1 aromatic carbocycles. The lowest BCUT2D eigenvalue weighted by atomic mass is 10.1. The maximum absolute atomic E-state index is 11.1. The van der Waals surface area contributed by atoms with E-state index in [2.05, 4.69) is 17.6 Å². The van der Waals surface area contributed by atoms with E-state index in [1.807, 2.05) is 31.2 Å². The fraction of sp³-hybridized carbons (Fsp3) is 0.500. The van der Waals surface area contributed by atoms with E-state index in [4.69, 9.17) is 4.74 Å². The van der Waals surface area contributed by atoms with Crippen molar-refractivity contribution in [1.82, 2.24) is 10.6 Å². The normalized spacial score (nSPS) is 11.9. The van der Waals surface area contributed by atoms with Gasteiger partial charge in [-0.05, 0) is 31.0 Å². The Balaban J connectivity index is 2.48. The van der Waals surface area contributed by atoms with Crippen molar-refractivity contribution in [3.8, 4) is 5.75 Å². The summed E-state index contributed by atoms with van der Waals surface area (Å²) in [6.07, 6.45) is 1.01. The summed E-state index contributed by atoms with van der Waals surface area (Å²) in [5.74, 6) is 0.879. The molecule has 0 spiro atoms. The first-order chi connectivity index (χ1) is 8.67. The molecule has 0 saturated heterocycles. The Morgan fingerprint density at radius 3 is 2.56 bits per heavy atom. The van der Waals surface area contributed by atoms with Crippen molar-refractivity contribution in [2.45, 2.75) is 26.3 Å². The number of carbonyl (C=O) groups is 1. The number of amides is 1. The maximum Gasteiger partial charge on any atom is 0.233 e. The van der Waals surface area contributed by atoms with Gasteiger partial charge in [0.2, 0.25) is 5.91 Å². The summed E-state index contributed by atoms with van der Waals surface area (Å²) in [6.45, 7) is 5.18. The second kappa shape index (κ2) is 7.71. The SMILES string of the molecule is CCCOc1ccc(C(C)NCC(=O)NC)cc1. The first-order valence-electron chi connectivity index (χ1n) is 6.34. The van der Waals surface area contributed by atoms with E-state index in [9.17, 15) is 4.79 Å². The van der Waals surface area contributed by atoms with Gasteiger partial charge >= 0.3 is 0 Å². The highest BCUT2D eigenvalue weighted by Gasteiger charge is 2.06. The van der Waals surface area contributed by atoms with Gasteiger partial charge in [0.25, 0.3) is 0 Å². The molecule has 1 rings (SSSR count). The molecule has 1 atom stereocenters. The van der Waals surface area contributed by atoms with Crippen molar-refractivity contribution in [3.05, 3.63) is 29.8 Å². The molecule has 100 valence electrons. The molecule has 4 heteroatoms. The zero-order valence-corrected chi connectivity index (χ0v) is 11.3. The fourth-order valence-corrected chi connectivity index (χ4v) is 1.52. The third-order valence-electron chi connectivity index (χ3n) is 2.70. The van der Waals surface area contributed by atoms with Crippen LogP contribution in [0.2, 0.25) is 0 Å². The minimum Gasteiger partial charge on any atom is -0.494 e. The van der Waals surface area contributed by atoms with Crippen molar-refractivity contribution in [3.63, 3.8) is 0 Å². The third-order valence-corrected chi connectivity index (χ3v) is 2.70. The van der Waals surface area contributed by atoms with Crippen LogP contribution in [0.1, 0.15) is 31.9 Å². The van der Waals surface area contributed by atoms with Gasteiger partial charge < -0.3 is 15.4 Å². The first-order valence-corrected chi connectivity index (χ1v) is 6.34. The van der Waals surface area contributed by atoms with Crippen molar-refractivity contribution >= 4 is 5.91 Å². The highest BCUT2D eigenvalue weighted by atomic mass is 16.5. The zero-order chi connectivity index (χ0) is 13.4. The predicted molar refractivity (Wildman–Crippen MR) is 72.7 cm³/mol. The molecule has 0 heterocycles. The average molecular weight is 250 g/mol. The summed E-state index contributed by atoms with van der Waals surface area (Å²) in [4.78, 5) is 11.1. The quantitative estimate of drug-likeness (QED) is 0.776. The molecule has 4 nitrogen and oxygen atoms in total. The lowest BCUT2D eigenvalue weighted by Crippen LogP contribution is -2.32. The average Bonchev–Trinajstić information content (AvgIpc) is 2.42. The van der Waals surface area contributed by atoms with Crippen molar-refractivity contribution in [2.75, 3.05) is 20.2 Å². The number of nitrogens with one attached hydrogen (secondary N) is 2. The van der Waals surface area contributed by atoms with Crippen LogP contribution in [0.5, 0.6) is 5.75 Å².